The van der Waals surface area contributed by atoms with E-state index < -0.39 is 0 Å². The molecule has 1 aromatic heterocycles. The summed E-state index contributed by atoms with van der Waals surface area (Å²) in [6.45, 7) is 5.29. The average Bonchev–Trinajstić information content (AvgIpc) is 3.08. The summed E-state index contributed by atoms with van der Waals surface area (Å²) in [6, 6.07) is 5.88. The van der Waals surface area contributed by atoms with E-state index in [1.54, 1.807) is 0 Å². The SMILES string of the molecule is Clc1cccc(N2CCN(CCCc3[nH]nc4c3CCCC4)CC2)c1Cl. The third-order valence-corrected chi connectivity index (χ3v) is 6.48. The normalized spacial score (nSPS) is 18.2. The molecule has 26 heavy (non-hydrogen) atoms. The summed E-state index contributed by atoms with van der Waals surface area (Å²) in [4.78, 5) is 4.90. The average molecular weight is 393 g/mol. The number of benzene rings is 1. The number of hydrogen-bond donors (Lipinski definition) is 1. The fourth-order valence-electron chi connectivity index (χ4n) is 4.18. The zero-order valence-corrected chi connectivity index (χ0v) is 16.6. The molecule has 4 rings (SSSR count). The number of nitrogens with one attached hydrogen (secondary N) is 1. The van der Waals surface area contributed by atoms with E-state index in [-0.39, 0.29) is 0 Å². The third kappa shape index (κ3) is 3.88. The van der Waals surface area contributed by atoms with E-state index in [9.17, 15) is 0 Å². The van der Waals surface area contributed by atoms with Crippen LogP contribution in [0.2, 0.25) is 10.0 Å². The molecular weight excluding hydrogens is 367 g/mol. The summed E-state index contributed by atoms with van der Waals surface area (Å²) in [7, 11) is 0. The highest BCUT2D eigenvalue weighted by molar-refractivity contribution is 6.43. The summed E-state index contributed by atoms with van der Waals surface area (Å²) in [6.07, 6.45) is 7.26. The van der Waals surface area contributed by atoms with E-state index in [1.807, 2.05) is 12.1 Å². The molecule has 1 saturated heterocycles. The van der Waals surface area contributed by atoms with Crippen LogP contribution in [0.25, 0.3) is 0 Å². The Hall–Kier alpha value is -1.23. The molecule has 1 aromatic carbocycles. The van der Waals surface area contributed by atoms with Crippen molar-refractivity contribution in [1.82, 2.24) is 15.1 Å². The molecule has 2 aliphatic rings. The van der Waals surface area contributed by atoms with Crippen molar-refractivity contribution in [1.29, 1.82) is 0 Å². The summed E-state index contributed by atoms with van der Waals surface area (Å²) in [5, 5.41) is 9.11. The van der Waals surface area contributed by atoms with Crippen molar-refractivity contribution in [3.63, 3.8) is 0 Å². The number of nitrogens with zero attached hydrogens (tertiary/aromatic N) is 3. The lowest BCUT2D eigenvalue weighted by atomic mass is 9.94. The number of H-pyrrole nitrogens is 1. The van der Waals surface area contributed by atoms with E-state index >= 15 is 0 Å². The Morgan fingerprint density at radius 1 is 1.04 bits per heavy atom. The number of hydrogen-bond acceptors (Lipinski definition) is 3. The Labute approximate surface area is 165 Å². The molecule has 1 N–H and O–H groups in total. The maximum atomic E-state index is 6.36. The fourth-order valence-corrected chi connectivity index (χ4v) is 4.59. The second-order valence-electron chi connectivity index (χ2n) is 7.34. The second-order valence-corrected chi connectivity index (χ2v) is 8.12. The molecule has 140 valence electrons. The second kappa shape index (κ2) is 8.20. The highest BCUT2D eigenvalue weighted by atomic mass is 35.5. The van der Waals surface area contributed by atoms with Gasteiger partial charge < -0.3 is 4.90 Å². The summed E-state index contributed by atoms with van der Waals surface area (Å²) >= 11 is 12.5. The molecule has 0 atom stereocenters. The zero-order chi connectivity index (χ0) is 17.9. The minimum Gasteiger partial charge on any atom is -0.368 e. The van der Waals surface area contributed by atoms with Gasteiger partial charge in [-0.2, -0.15) is 5.10 Å². The number of halogens is 2. The van der Waals surface area contributed by atoms with Gasteiger partial charge in [0, 0.05) is 31.9 Å². The molecule has 4 nitrogen and oxygen atoms in total. The first kappa shape index (κ1) is 18.1. The van der Waals surface area contributed by atoms with Crippen molar-refractivity contribution >= 4 is 28.9 Å². The molecule has 0 amide bonds. The van der Waals surface area contributed by atoms with Crippen molar-refractivity contribution in [2.45, 2.75) is 38.5 Å². The molecule has 2 aromatic rings. The molecule has 0 saturated carbocycles. The minimum atomic E-state index is 0.634. The van der Waals surface area contributed by atoms with E-state index in [0.717, 1.165) is 51.3 Å². The highest BCUT2D eigenvalue weighted by Crippen LogP contribution is 2.32. The first-order chi connectivity index (χ1) is 12.7. The number of fused-ring (bicyclic) bond motifs is 1. The quantitative estimate of drug-likeness (QED) is 0.820. The van der Waals surface area contributed by atoms with Crippen molar-refractivity contribution in [2.24, 2.45) is 0 Å². The summed E-state index contributed by atoms with van der Waals surface area (Å²) < 4.78 is 0. The Balaban J connectivity index is 1.25. The maximum absolute atomic E-state index is 6.36. The van der Waals surface area contributed by atoms with Gasteiger partial charge >= 0.3 is 0 Å². The Kier molecular flexibility index (Phi) is 5.72. The molecular formula is C20H26Cl2N4. The van der Waals surface area contributed by atoms with Gasteiger partial charge in [-0.1, -0.05) is 29.3 Å². The van der Waals surface area contributed by atoms with Crippen molar-refractivity contribution in [3.05, 3.63) is 45.2 Å². The van der Waals surface area contributed by atoms with Crippen molar-refractivity contribution < 1.29 is 0 Å². The van der Waals surface area contributed by atoms with Crippen LogP contribution in [0.1, 0.15) is 36.2 Å². The Morgan fingerprint density at radius 2 is 1.85 bits per heavy atom. The topological polar surface area (TPSA) is 35.2 Å². The van der Waals surface area contributed by atoms with Crippen LogP contribution in [-0.2, 0) is 19.3 Å². The van der Waals surface area contributed by atoms with Gasteiger partial charge in [-0.25, -0.2) is 0 Å². The molecule has 0 unspecified atom stereocenters. The van der Waals surface area contributed by atoms with Crippen molar-refractivity contribution in [3.8, 4) is 0 Å². The number of piperazine rings is 1. The molecule has 0 radical (unpaired) electrons. The van der Waals surface area contributed by atoms with Crippen LogP contribution >= 0.6 is 23.2 Å². The molecule has 1 aliphatic heterocycles. The van der Waals surface area contributed by atoms with Crippen LogP contribution < -0.4 is 4.90 Å². The van der Waals surface area contributed by atoms with Gasteiger partial charge in [-0.05, 0) is 62.8 Å². The van der Waals surface area contributed by atoms with Gasteiger partial charge in [0.25, 0.3) is 0 Å². The number of aromatic nitrogens is 2. The molecule has 1 fully saturated rings. The largest absolute Gasteiger partial charge is 0.368 e. The standard InChI is InChI=1S/C20H26Cl2N4/c21-16-6-3-9-19(20(16)22)26-13-11-25(12-14-26)10-4-8-18-15-5-1-2-7-17(15)23-24-18/h3,6,9H,1-2,4-5,7-8,10-14H2,(H,23,24). The predicted molar refractivity (Wildman–Crippen MR) is 109 cm³/mol. The molecule has 0 spiro atoms. The number of aromatic amines is 1. The number of rotatable bonds is 5. The Bertz CT molecular complexity index is 750. The van der Waals surface area contributed by atoms with E-state index in [2.05, 4.69) is 26.1 Å². The fraction of sp³-hybridized carbons (Fsp3) is 0.550. The van der Waals surface area contributed by atoms with Crippen LogP contribution in [0, 0.1) is 0 Å². The van der Waals surface area contributed by atoms with Gasteiger partial charge in [0.15, 0.2) is 0 Å². The van der Waals surface area contributed by atoms with Crippen LogP contribution in [0.3, 0.4) is 0 Å². The third-order valence-electron chi connectivity index (χ3n) is 5.67. The molecule has 1 aliphatic carbocycles. The predicted octanol–water partition coefficient (Wildman–Crippen LogP) is 4.35. The first-order valence-electron chi connectivity index (χ1n) is 9.68. The first-order valence-corrected chi connectivity index (χ1v) is 10.4. The van der Waals surface area contributed by atoms with E-state index in [0.29, 0.717) is 10.0 Å². The van der Waals surface area contributed by atoms with Crippen LogP contribution in [-0.4, -0.2) is 47.8 Å². The van der Waals surface area contributed by atoms with Gasteiger partial charge in [0.2, 0.25) is 0 Å². The van der Waals surface area contributed by atoms with Gasteiger partial charge in [-0.15, -0.1) is 0 Å². The smallest absolute Gasteiger partial charge is 0.0825 e. The minimum absolute atomic E-state index is 0.634. The lowest BCUT2D eigenvalue weighted by molar-refractivity contribution is 0.255. The number of anilines is 1. The summed E-state index contributed by atoms with van der Waals surface area (Å²) in [5.74, 6) is 0. The molecule has 6 heteroatoms. The van der Waals surface area contributed by atoms with E-state index in [4.69, 9.17) is 23.2 Å². The molecule has 0 bridgehead atoms. The highest BCUT2D eigenvalue weighted by Gasteiger charge is 2.20. The maximum Gasteiger partial charge on any atom is 0.0825 e. The van der Waals surface area contributed by atoms with E-state index in [1.165, 1.54) is 42.6 Å². The lowest BCUT2D eigenvalue weighted by Gasteiger charge is -2.36. The van der Waals surface area contributed by atoms with Gasteiger partial charge in [0.05, 0.1) is 21.4 Å². The Morgan fingerprint density at radius 3 is 2.69 bits per heavy atom. The van der Waals surface area contributed by atoms with Gasteiger partial charge in [-0.3, -0.25) is 10.00 Å². The van der Waals surface area contributed by atoms with Crippen LogP contribution in [0.4, 0.5) is 5.69 Å². The monoisotopic (exact) mass is 392 g/mol. The van der Waals surface area contributed by atoms with Gasteiger partial charge in [0.1, 0.15) is 0 Å². The van der Waals surface area contributed by atoms with Crippen LogP contribution in [0.15, 0.2) is 18.2 Å². The van der Waals surface area contributed by atoms with Crippen LogP contribution in [0.5, 0.6) is 0 Å². The molecule has 2 heterocycles. The lowest BCUT2D eigenvalue weighted by Crippen LogP contribution is -2.46. The zero-order valence-electron chi connectivity index (χ0n) is 15.1. The summed E-state index contributed by atoms with van der Waals surface area (Å²) in [5.41, 5.74) is 5.27. The number of aryl methyl sites for hydroxylation is 2. The van der Waals surface area contributed by atoms with Crippen molar-refractivity contribution in [2.75, 3.05) is 37.6 Å².